The molecule has 0 spiro atoms. The van der Waals surface area contributed by atoms with Gasteiger partial charge in [0.15, 0.2) is 0 Å². The molecule has 0 aromatic heterocycles. The van der Waals surface area contributed by atoms with Crippen LogP contribution in [0.2, 0.25) is 0 Å². The van der Waals surface area contributed by atoms with Crippen molar-refractivity contribution >= 4 is 16.0 Å². The van der Waals surface area contributed by atoms with Gasteiger partial charge in [-0.05, 0) is 50.5 Å². The van der Waals surface area contributed by atoms with Gasteiger partial charge in [-0.2, -0.15) is 0 Å². The molecule has 0 bridgehead atoms. The predicted molar refractivity (Wildman–Crippen MR) is 107 cm³/mol. The van der Waals surface area contributed by atoms with Crippen LogP contribution in [0.4, 0.5) is 8.78 Å². The minimum atomic E-state index is -3.54. The van der Waals surface area contributed by atoms with Crippen molar-refractivity contribution in [2.75, 3.05) is 41.4 Å². The summed E-state index contributed by atoms with van der Waals surface area (Å²) in [6, 6.07) is 7.89. The van der Waals surface area contributed by atoms with Gasteiger partial charge in [-0.25, -0.2) is 26.3 Å². The summed E-state index contributed by atoms with van der Waals surface area (Å²) >= 11 is 0. The molecule has 1 unspecified atom stereocenters. The van der Waals surface area contributed by atoms with E-state index in [-0.39, 0.29) is 23.7 Å². The lowest BCUT2D eigenvalue weighted by Gasteiger charge is -2.23. The van der Waals surface area contributed by atoms with Gasteiger partial charge in [0.2, 0.25) is 10.0 Å². The minimum Gasteiger partial charge on any atom is -0.490 e. The Balaban J connectivity index is 1.95. The number of esters is 1. The first-order valence-electron chi connectivity index (χ1n) is 8.98. The lowest BCUT2D eigenvalue weighted by Crippen LogP contribution is -2.31. The Hall–Kier alpha value is -2.56. The van der Waals surface area contributed by atoms with E-state index < -0.39 is 33.7 Å². The molecule has 0 aliphatic rings. The predicted octanol–water partition coefficient (Wildman–Crippen LogP) is 2.44. The number of hydrogen-bond acceptors (Lipinski definition) is 6. The Morgan fingerprint density at radius 3 is 2.03 bits per heavy atom. The van der Waals surface area contributed by atoms with Crippen LogP contribution in [0.25, 0.3) is 0 Å². The van der Waals surface area contributed by atoms with Gasteiger partial charge in [0.25, 0.3) is 0 Å². The molecular formula is C20H24F2N2O5S. The van der Waals surface area contributed by atoms with Crippen molar-refractivity contribution in [3.05, 3.63) is 59.7 Å². The van der Waals surface area contributed by atoms with Crippen molar-refractivity contribution < 1.29 is 31.5 Å². The number of ether oxygens (including phenoxy) is 2. The van der Waals surface area contributed by atoms with E-state index in [4.69, 9.17) is 9.47 Å². The van der Waals surface area contributed by atoms with Crippen molar-refractivity contribution in [1.29, 1.82) is 0 Å². The molecule has 0 N–H and O–H groups in total. The number of likely N-dealkylation sites (N-methyl/N-ethyl adjacent to an activating group) is 1. The van der Waals surface area contributed by atoms with Gasteiger partial charge in [-0.15, -0.1) is 0 Å². The average molecular weight is 442 g/mol. The van der Waals surface area contributed by atoms with E-state index in [0.717, 1.165) is 16.4 Å². The third kappa shape index (κ3) is 5.53. The number of hydrogen-bond donors (Lipinski definition) is 0. The topological polar surface area (TPSA) is 76.1 Å². The van der Waals surface area contributed by atoms with Crippen LogP contribution in [0.5, 0.6) is 5.75 Å². The van der Waals surface area contributed by atoms with Crippen LogP contribution < -0.4 is 4.74 Å². The zero-order chi connectivity index (χ0) is 22.5. The highest BCUT2D eigenvalue weighted by Gasteiger charge is 2.30. The summed E-state index contributed by atoms with van der Waals surface area (Å²) in [6.07, 6.45) is 0. The molecule has 0 saturated carbocycles. The highest BCUT2D eigenvalue weighted by atomic mass is 32.2. The molecule has 2 rings (SSSR count). The number of halogens is 2. The van der Waals surface area contributed by atoms with Crippen LogP contribution in [-0.2, 0) is 19.6 Å². The second-order valence-corrected chi connectivity index (χ2v) is 8.93. The molecule has 0 saturated heterocycles. The molecule has 2 aromatic carbocycles. The molecule has 0 fully saturated rings. The van der Waals surface area contributed by atoms with Crippen LogP contribution in [0, 0.1) is 11.6 Å². The summed E-state index contributed by atoms with van der Waals surface area (Å²) < 4.78 is 63.8. The number of carbonyl (C=O) groups excluding carboxylic acids is 1. The number of benzene rings is 2. The molecule has 0 amide bonds. The highest BCUT2D eigenvalue weighted by Crippen LogP contribution is 2.25. The molecule has 164 valence electrons. The van der Waals surface area contributed by atoms with Gasteiger partial charge >= 0.3 is 5.97 Å². The normalized spacial score (nSPS) is 12.8. The molecule has 7 nitrogen and oxygen atoms in total. The molecule has 30 heavy (non-hydrogen) atoms. The van der Waals surface area contributed by atoms with Gasteiger partial charge < -0.3 is 9.47 Å². The second kappa shape index (κ2) is 9.96. The van der Waals surface area contributed by atoms with E-state index in [0.29, 0.717) is 5.75 Å². The van der Waals surface area contributed by atoms with Crippen LogP contribution in [-0.4, -0.2) is 65.0 Å². The van der Waals surface area contributed by atoms with Crippen LogP contribution >= 0.6 is 0 Å². The number of sulfonamides is 1. The summed E-state index contributed by atoms with van der Waals surface area (Å²) in [7, 11) is 2.35. The highest BCUT2D eigenvalue weighted by molar-refractivity contribution is 7.89. The molecule has 2 aromatic rings. The SMILES string of the molecule is CN(C)C(C(=O)OCCOc1ccc(S(=O)(=O)N(C)C)cc1)c1c(F)cccc1F. The van der Waals surface area contributed by atoms with Crippen LogP contribution in [0.1, 0.15) is 11.6 Å². The summed E-state index contributed by atoms with van der Waals surface area (Å²) in [4.78, 5) is 13.9. The third-order valence-electron chi connectivity index (χ3n) is 4.21. The van der Waals surface area contributed by atoms with Crippen LogP contribution in [0.15, 0.2) is 47.4 Å². The fourth-order valence-electron chi connectivity index (χ4n) is 2.66. The molecule has 0 heterocycles. The molecule has 0 radical (unpaired) electrons. The summed E-state index contributed by atoms with van der Waals surface area (Å²) in [5.41, 5.74) is -0.383. The molecule has 1 atom stereocenters. The lowest BCUT2D eigenvalue weighted by atomic mass is 10.0. The molecule has 0 aliphatic carbocycles. The summed E-state index contributed by atoms with van der Waals surface area (Å²) in [5.74, 6) is -2.11. The zero-order valence-electron chi connectivity index (χ0n) is 17.1. The van der Waals surface area contributed by atoms with Gasteiger partial charge in [-0.1, -0.05) is 6.07 Å². The van der Waals surface area contributed by atoms with E-state index in [1.165, 1.54) is 63.4 Å². The van der Waals surface area contributed by atoms with Crippen molar-refractivity contribution in [2.24, 2.45) is 0 Å². The fraction of sp³-hybridized carbons (Fsp3) is 0.350. The van der Waals surface area contributed by atoms with E-state index in [1.807, 2.05) is 0 Å². The number of carbonyl (C=O) groups is 1. The maximum absolute atomic E-state index is 14.1. The largest absolute Gasteiger partial charge is 0.490 e. The number of rotatable bonds is 9. The number of nitrogens with zero attached hydrogens (tertiary/aromatic N) is 2. The first kappa shape index (κ1) is 23.7. The van der Waals surface area contributed by atoms with Gasteiger partial charge in [-0.3, -0.25) is 4.90 Å². The minimum absolute atomic E-state index is 0.0224. The average Bonchev–Trinajstić information content (AvgIpc) is 2.68. The van der Waals surface area contributed by atoms with E-state index >= 15 is 0 Å². The van der Waals surface area contributed by atoms with Gasteiger partial charge in [0.1, 0.15) is 36.6 Å². The monoisotopic (exact) mass is 442 g/mol. The van der Waals surface area contributed by atoms with Crippen molar-refractivity contribution in [3.63, 3.8) is 0 Å². The Kier molecular flexibility index (Phi) is 7.88. The van der Waals surface area contributed by atoms with E-state index in [1.54, 1.807) is 0 Å². The van der Waals surface area contributed by atoms with E-state index in [2.05, 4.69) is 0 Å². The van der Waals surface area contributed by atoms with Crippen molar-refractivity contribution in [3.8, 4) is 5.75 Å². The lowest BCUT2D eigenvalue weighted by molar-refractivity contribution is -0.150. The van der Waals surface area contributed by atoms with Crippen molar-refractivity contribution in [2.45, 2.75) is 10.9 Å². The first-order valence-corrected chi connectivity index (χ1v) is 10.4. The first-order chi connectivity index (χ1) is 14.1. The standard InChI is InChI=1S/C20H24F2N2O5S/c1-23(2)19(18-16(21)6-5-7-17(18)22)20(25)29-13-12-28-14-8-10-15(11-9-14)30(26,27)24(3)4/h5-11,19H,12-13H2,1-4H3. The van der Waals surface area contributed by atoms with Gasteiger partial charge in [0, 0.05) is 14.1 Å². The molecular weight excluding hydrogens is 418 g/mol. The zero-order valence-corrected chi connectivity index (χ0v) is 17.9. The Bertz CT molecular complexity index is 959. The quantitative estimate of drug-likeness (QED) is 0.439. The van der Waals surface area contributed by atoms with Gasteiger partial charge in [0.05, 0.1) is 10.5 Å². The smallest absolute Gasteiger partial charge is 0.328 e. The Morgan fingerprint density at radius 2 is 1.53 bits per heavy atom. The maximum atomic E-state index is 14.1. The van der Waals surface area contributed by atoms with E-state index in [9.17, 15) is 22.0 Å². The van der Waals surface area contributed by atoms with Crippen molar-refractivity contribution in [1.82, 2.24) is 9.21 Å². The Morgan fingerprint density at radius 1 is 0.967 bits per heavy atom. The van der Waals surface area contributed by atoms with Crippen LogP contribution in [0.3, 0.4) is 0 Å². The second-order valence-electron chi connectivity index (χ2n) is 6.78. The molecule has 0 aliphatic heterocycles. The summed E-state index contributed by atoms with van der Waals surface area (Å²) in [5, 5.41) is 0. The Labute approximate surface area is 174 Å². The summed E-state index contributed by atoms with van der Waals surface area (Å²) in [6.45, 7) is -0.178. The third-order valence-corrected chi connectivity index (χ3v) is 6.04. The molecule has 10 heteroatoms. The maximum Gasteiger partial charge on any atom is 0.328 e. The fourth-order valence-corrected chi connectivity index (χ4v) is 3.56.